The molecule has 2 heteroatoms. The molecule has 0 radical (unpaired) electrons. The summed E-state index contributed by atoms with van der Waals surface area (Å²) >= 11 is 0. The first kappa shape index (κ1) is 6.35. The standard InChI is InChI=1S/C10H12N2/c1-2-4-9-8(3-1)11-7-10(12-9)5-6-10/h1-4,11-12H,5-7H2. The topological polar surface area (TPSA) is 24.1 Å². The molecule has 1 aromatic carbocycles. The molecule has 2 aliphatic rings. The van der Waals surface area contributed by atoms with E-state index < -0.39 is 0 Å². The van der Waals surface area contributed by atoms with Crippen LogP contribution in [0.25, 0.3) is 0 Å². The van der Waals surface area contributed by atoms with Gasteiger partial charge in [0.05, 0.1) is 16.9 Å². The van der Waals surface area contributed by atoms with E-state index in [4.69, 9.17) is 0 Å². The van der Waals surface area contributed by atoms with Crippen LogP contribution in [0.15, 0.2) is 24.3 Å². The summed E-state index contributed by atoms with van der Waals surface area (Å²) < 4.78 is 0. The van der Waals surface area contributed by atoms with Crippen LogP contribution in [0.5, 0.6) is 0 Å². The molecule has 0 unspecified atom stereocenters. The van der Waals surface area contributed by atoms with Crippen LogP contribution in [0, 0.1) is 0 Å². The number of benzene rings is 1. The molecule has 1 aliphatic carbocycles. The molecule has 0 saturated heterocycles. The SMILES string of the molecule is c1ccc2c(c1)NCC1(CC1)N2. The van der Waals surface area contributed by atoms with Crippen LogP contribution in [0.1, 0.15) is 12.8 Å². The van der Waals surface area contributed by atoms with E-state index in [2.05, 4.69) is 34.9 Å². The highest BCUT2D eigenvalue weighted by Crippen LogP contribution is 2.43. The van der Waals surface area contributed by atoms with Gasteiger partial charge in [-0.3, -0.25) is 0 Å². The second kappa shape index (κ2) is 1.94. The van der Waals surface area contributed by atoms with Gasteiger partial charge in [0.25, 0.3) is 0 Å². The van der Waals surface area contributed by atoms with Gasteiger partial charge in [0.2, 0.25) is 0 Å². The Hall–Kier alpha value is -1.18. The molecule has 1 heterocycles. The molecule has 2 nitrogen and oxygen atoms in total. The Morgan fingerprint density at radius 2 is 1.83 bits per heavy atom. The molecule has 3 rings (SSSR count). The fourth-order valence-corrected chi connectivity index (χ4v) is 1.79. The summed E-state index contributed by atoms with van der Waals surface area (Å²) in [6.07, 6.45) is 2.63. The number of hydrogen-bond donors (Lipinski definition) is 2. The van der Waals surface area contributed by atoms with E-state index in [1.54, 1.807) is 0 Å². The van der Waals surface area contributed by atoms with Gasteiger partial charge < -0.3 is 10.6 Å². The predicted octanol–water partition coefficient (Wildman–Crippen LogP) is 2.06. The minimum absolute atomic E-state index is 0.411. The molecule has 1 spiro atoms. The summed E-state index contributed by atoms with van der Waals surface area (Å²) in [6, 6.07) is 8.41. The van der Waals surface area contributed by atoms with Crippen LogP contribution < -0.4 is 10.6 Å². The van der Waals surface area contributed by atoms with E-state index in [1.165, 1.54) is 24.2 Å². The van der Waals surface area contributed by atoms with Gasteiger partial charge in [-0.2, -0.15) is 0 Å². The highest BCUT2D eigenvalue weighted by atomic mass is 15.1. The van der Waals surface area contributed by atoms with Gasteiger partial charge in [0.15, 0.2) is 0 Å². The van der Waals surface area contributed by atoms with Crippen molar-refractivity contribution in [3.63, 3.8) is 0 Å². The van der Waals surface area contributed by atoms with Gasteiger partial charge in [-0.1, -0.05) is 12.1 Å². The molecular weight excluding hydrogens is 148 g/mol. The first-order valence-electron chi connectivity index (χ1n) is 4.49. The van der Waals surface area contributed by atoms with Gasteiger partial charge in [-0.05, 0) is 25.0 Å². The number of para-hydroxylation sites is 2. The molecule has 0 atom stereocenters. The summed E-state index contributed by atoms with van der Waals surface area (Å²) in [4.78, 5) is 0. The fourth-order valence-electron chi connectivity index (χ4n) is 1.79. The molecule has 0 bridgehead atoms. The molecule has 2 N–H and O–H groups in total. The molecule has 1 saturated carbocycles. The second-order valence-corrected chi connectivity index (χ2v) is 3.80. The zero-order valence-corrected chi connectivity index (χ0v) is 6.93. The average molecular weight is 160 g/mol. The van der Waals surface area contributed by atoms with Gasteiger partial charge in [0, 0.05) is 6.54 Å². The lowest BCUT2D eigenvalue weighted by Crippen LogP contribution is -2.34. The Morgan fingerprint density at radius 1 is 1.08 bits per heavy atom. The lowest BCUT2D eigenvalue weighted by Gasteiger charge is -2.28. The van der Waals surface area contributed by atoms with E-state index >= 15 is 0 Å². The molecular formula is C10H12N2. The highest BCUT2D eigenvalue weighted by molar-refractivity contribution is 5.72. The number of nitrogens with one attached hydrogen (secondary N) is 2. The fraction of sp³-hybridized carbons (Fsp3) is 0.400. The van der Waals surface area contributed by atoms with E-state index in [0.717, 1.165) is 6.54 Å². The molecule has 1 aromatic rings. The van der Waals surface area contributed by atoms with E-state index in [1.807, 2.05) is 0 Å². The van der Waals surface area contributed by atoms with Gasteiger partial charge in [0.1, 0.15) is 0 Å². The Labute approximate surface area is 72.0 Å². The van der Waals surface area contributed by atoms with Crippen molar-refractivity contribution in [3.8, 4) is 0 Å². The summed E-state index contributed by atoms with van der Waals surface area (Å²) in [7, 11) is 0. The second-order valence-electron chi connectivity index (χ2n) is 3.80. The summed E-state index contributed by atoms with van der Waals surface area (Å²) in [6.45, 7) is 1.09. The van der Waals surface area contributed by atoms with Crippen LogP contribution in [0.4, 0.5) is 11.4 Å². The predicted molar refractivity (Wildman–Crippen MR) is 50.5 cm³/mol. The highest BCUT2D eigenvalue weighted by Gasteiger charge is 2.44. The molecule has 0 aromatic heterocycles. The smallest absolute Gasteiger partial charge is 0.0580 e. The minimum Gasteiger partial charge on any atom is -0.381 e. The average Bonchev–Trinajstić information content (AvgIpc) is 2.85. The summed E-state index contributed by atoms with van der Waals surface area (Å²) in [5, 5.41) is 7.04. The largest absolute Gasteiger partial charge is 0.381 e. The molecule has 1 aliphatic heterocycles. The zero-order valence-electron chi connectivity index (χ0n) is 6.93. The van der Waals surface area contributed by atoms with Crippen LogP contribution >= 0.6 is 0 Å². The quantitative estimate of drug-likeness (QED) is 0.607. The molecule has 0 amide bonds. The monoisotopic (exact) mass is 160 g/mol. The van der Waals surface area contributed by atoms with Crippen molar-refractivity contribution in [2.75, 3.05) is 17.2 Å². The summed E-state index contributed by atoms with van der Waals surface area (Å²) in [5.41, 5.74) is 2.92. The number of rotatable bonds is 0. The maximum Gasteiger partial charge on any atom is 0.0580 e. The minimum atomic E-state index is 0.411. The third-order valence-electron chi connectivity index (χ3n) is 2.80. The number of anilines is 2. The molecule has 62 valence electrons. The molecule has 12 heavy (non-hydrogen) atoms. The Balaban J connectivity index is 2.01. The number of fused-ring (bicyclic) bond motifs is 1. The van der Waals surface area contributed by atoms with Crippen molar-refractivity contribution < 1.29 is 0 Å². The normalized spacial score (nSPS) is 22.3. The first-order valence-corrected chi connectivity index (χ1v) is 4.49. The van der Waals surface area contributed by atoms with Crippen molar-refractivity contribution in [1.82, 2.24) is 0 Å². The van der Waals surface area contributed by atoms with E-state index in [9.17, 15) is 0 Å². The van der Waals surface area contributed by atoms with Crippen molar-refractivity contribution in [3.05, 3.63) is 24.3 Å². The zero-order chi connectivity index (χ0) is 8.02. The number of hydrogen-bond acceptors (Lipinski definition) is 2. The van der Waals surface area contributed by atoms with Crippen molar-refractivity contribution in [2.24, 2.45) is 0 Å². The third-order valence-corrected chi connectivity index (χ3v) is 2.80. The van der Waals surface area contributed by atoms with Crippen molar-refractivity contribution in [1.29, 1.82) is 0 Å². The first-order chi connectivity index (χ1) is 5.88. The Kier molecular flexibility index (Phi) is 1.03. The van der Waals surface area contributed by atoms with Crippen LogP contribution in [0.2, 0.25) is 0 Å². The van der Waals surface area contributed by atoms with Crippen LogP contribution in [0.3, 0.4) is 0 Å². The van der Waals surface area contributed by atoms with E-state index in [0.29, 0.717) is 5.54 Å². The van der Waals surface area contributed by atoms with Crippen LogP contribution in [-0.4, -0.2) is 12.1 Å². The van der Waals surface area contributed by atoms with Crippen molar-refractivity contribution in [2.45, 2.75) is 18.4 Å². The molecule has 1 fully saturated rings. The lowest BCUT2D eigenvalue weighted by atomic mass is 10.1. The lowest BCUT2D eigenvalue weighted by molar-refractivity contribution is 0.755. The van der Waals surface area contributed by atoms with Gasteiger partial charge >= 0.3 is 0 Å². The van der Waals surface area contributed by atoms with Gasteiger partial charge in [-0.15, -0.1) is 0 Å². The Morgan fingerprint density at radius 3 is 2.58 bits per heavy atom. The Bertz CT molecular complexity index is 315. The maximum absolute atomic E-state index is 3.58. The van der Waals surface area contributed by atoms with Crippen LogP contribution in [-0.2, 0) is 0 Å². The third kappa shape index (κ3) is 0.809. The summed E-state index contributed by atoms with van der Waals surface area (Å²) in [5.74, 6) is 0. The van der Waals surface area contributed by atoms with Gasteiger partial charge in [-0.25, -0.2) is 0 Å². The maximum atomic E-state index is 3.58. The van der Waals surface area contributed by atoms with E-state index in [-0.39, 0.29) is 0 Å². The van der Waals surface area contributed by atoms with Crippen molar-refractivity contribution >= 4 is 11.4 Å².